The summed E-state index contributed by atoms with van der Waals surface area (Å²) in [7, 11) is 2.07. The molecule has 1 N–H and O–H groups in total. The van der Waals surface area contributed by atoms with Crippen LogP contribution in [-0.4, -0.2) is 26.3 Å². The number of rotatable bonds is 7. The standard InChI is InChI=1S/C14H29NO/c1-4-6-12-7-9-13(10-8-12)14(15-3)11-16-5-2/h12-15H,4-11H2,1-3H3. The summed E-state index contributed by atoms with van der Waals surface area (Å²) in [6.45, 7) is 6.10. The Hall–Kier alpha value is -0.0800. The van der Waals surface area contributed by atoms with Gasteiger partial charge in [0, 0.05) is 12.6 Å². The molecule has 0 radical (unpaired) electrons. The fourth-order valence-electron chi connectivity index (χ4n) is 2.99. The third-order valence-corrected chi connectivity index (χ3v) is 4.03. The fourth-order valence-corrected chi connectivity index (χ4v) is 2.99. The first kappa shape index (κ1) is 14.0. The molecule has 0 aliphatic heterocycles. The van der Waals surface area contributed by atoms with E-state index in [4.69, 9.17) is 4.74 Å². The largest absolute Gasteiger partial charge is 0.380 e. The zero-order valence-corrected chi connectivity index (χ0v) is 11.3. The quantitative estimate of drug-likeness (QED) is 0.721. The predicted molar refractivity (Wildman–Crippen MR) is 69.7 cm³/mol. The van der Waals surface area contributed by atoms with Crippen LogP contribution >= 0.6 is 0 Å². The molecule has 1 unspecified atom stereocenters. The zero-order chi connectivity index (χ0) is 11.8. The Morgan fingerprint density at radius 1 is 1.19 bits per heavy atom. The van der Waals surface area contributed by atoms with E-state index in [1.165, 1.54) is 38.5 Å². The maximum atomic E-state index is 5.55. The van der Waals surface area contributed by atoms with Crippen molar-refractivity contribution in [2.24, 2.45) is 11.8 Å². The van der Waals surface area contributed by atoms with Crippen LogP contribution in [0.15, 0.2) is 0 Å². The highest BCUT2D eigenvalue weighted by Gasteiger charge is 2.26. The van der Waals surface area contributed by atoms with Gasteiger partial charge in [0.25, 0.3) is 0 Å². The van der Waals surface area contributed by atoms with Gasteiger partial charge in [-0.15, -0.1) is 0 Å². The molecule has 0 aromatic heterocycles. The molecule has 0 bridgehead atoms. The fraction of sp³-hybridized carbons (Fsp3) is 1.00. The second-order valence-corrected chi connectivity index (χ2v) is 5.12. The van der Waals surface area contributed by atoms with Crippen LogP contribution < -0.4 is 5.32 Å². The molecule has 0 amide bonds. The third kappa shape index (κ3) is 4.42. The van der Waals surface area contributed by atoms with Crippen molar-refractivity contribution in [1.29, 1.82) is 0 Å². The van der Waals surface area contributed by atoms with Crippen LogP contribution in [0.1, 0.15) is 52.4 Å². The van der Waals surface area contributed by atoms with Gasteiger partial charge in [-0.25, -0.2) is 0 Å². The minimum atomic E-state index is 0.572. The van der Waals surface area contributed by atoms with Crippen molar-refractivity contribution < 1.29 is 4.74 Å². The number of likely N-dealkylation sites (N-methyl/N-ethyl adjacent to an activating group) is 1. The summed E-state index contributed by atoms with van der Waals surface area (Å²) < 4.78 is 5.55. The molecular weight excluding hydrogens is 198 g/mol. The minimum Gasteiger partial charge on any atom is -0.380 e. The van der Waals surface area contributed by atoms with E-state index in [0.29, 0.717) is 6.04 Å². The molecule has 2 nitrogen and oxygen atoms in total. The number of ether oxygens (including phenoxy) is 1. The van der Waals surface area contributed by atoms with E-state index in [0.717, 1.165) is 25.0 Å². The van der Waals surface area contributed by atoms with Crippen LogP contribution in [0, 0.1) is 11.8 Å². The molecule has 0 heterocycles. The lowest BCUT2D eigenvalue weighted by atomic mass is 9.77. The molecule has 16 heavy (non-hydrogen) atoms. The summed E-state index contributed by atoms with van der Waals surface area (Å²) in [6.07, 6.45) is 8.43. The van der Waals surface area contributed by atoms with Gasteiger partial charge in [-0.2, -0.15) is 0 Å². The smallest absolute Gasteiger partial charge is 0.0622 e. The van der Waals surface area contributed by atoms with Crippen molar-refractivity contribution in [3.05, 3.63) is 0 Å². The van der Waals surface area contributed by atoms with E-state index in [2.05, 4.69) is 26.2 Å². The summed E-state index contributed by atoms with van der Waals surface area (Å²) in [5, 5.41) is 3.43. The average Bonchev–Trinajstić information content (AvgIpc) is 2.32. The van der Waals surface area contributed by atoms with Crippen molar-refractivity contribution in [2.75, 3.05) is 20.3 Å². The highest BCUT2D eigenvalue weighted by atomic mass is 16.5. The van der Waals surface area contributed by atoms with Gasteiger partial charge in [0.1, 0.15) is 0 Å². The lowest BCUT2D eigenvalue weighted by Crippen LogP contribution is -2.39. The van der Waals surface area contributed by atoms with Crippen LogP contribution in [0.25, 0.3) is 0 Å². The van der Waals surface area contributed by atoms with Crippen LogP contribution in [0.3, 0.4) is 0 Å². The Kier molecular flexibility index (Phi) is 7.06. The summed E-state index contributed by atoms with van der Waals surface area (Å²) in [5.74, 6) is 1.84. The molecule has 2 heteroatoms. The minimum absolute atomic E-state index is 0.572. The van der Waals surface area contributed by atoms with E-state index in [9.17, 15) is 0 Å². The van der Waals surface area contributed by atoms with Gasteiger partial charge in [-0.05, 0) is 38.6 Å². The second-order valence-electron chi connectivity index (χ2n) is 5.12. The van der Waals surface area contributed by atoms with Crippen molar-refractivity contribution in [2.45, 2.75) is 58.4 Å². The summed E-state index contributed by atoms with van der Waals surface area (Å²) in [5.41, 5.74) is 0. The maximum Gasteiger partial charge on any atom is 0.0622 e. The molecule has 1 rings (SSSR count). The molecular formula is C14H29NO. The van der Waals surface area contributed by atoms with E-state index >= 15 is 0 Å². The Morgan fingerprint density at radius 3 is 2.38 bits per heavy atom. The first-order valence-electron chi connectivity index (χ1n) is 7.06. The maximum absolute atomic E-state index is 5.55. The molecule has 1 aliphatic carbocycles. The normalized spacial score (nSPS) is 27.9. The van der Waals surface area contributed by atoms with E-state index in [1.807, 2.05) is 0 Å². The van der Waals surface area contributed by atoms with Crippen molar-refractivity contribution >= 4 is 0 Å². The molecule has 0 saturated heterocycles. The monoisotopic (exact) mass is 227 g/mol. The average molecular weight is 227 g/mol. The van der Waals surface area contributed by atoms with E-state index < -0.39 is 0 Å². The molecule has 0 aromatic rings. The SMILES string of the molecule is CCCC1CCC(C(COCC)NC)CC1. The van der Waals surface area contributed by atoms with Gasteiger partial charge >= 0.3 is 0 Å². The van der Waals surface area contributed by atoms with Gasteiger partial charge < -0.3 is 10.1 Å². The van der Waals surface area contributed by atoms with E-state index in [1.54, 1.807) is 0 Å². The van der Waals surface area contributed by atoms with Crippen LogP contribution in [0.5, 0.6) is 0 Å². The Balaban J connectivity index is 2.27. The summed E-state index contributed by atoms with van der Waals surface area (Å²) in [6, 6.07) is 0.572. The highest BCUT2D eigenvalue weighted by Crippen LogP contribution is 2.33. The third-order valence-electron chi connectivity index (χ3n) is 4.03. The Labute approximate surface area is 101 Å². The summed E-state index contributed by atoms with van der Waals surface area (Å²) >= 11 is 0. The van der Waals surface area contributed by atoms with Gasteiger partial charge in [0.05, 0.1) is 6.61 Å². The number of nitrogens with one attached hydrogen (secondary N) is 1. The molecule has 1 fully saturated rings. The highest BCUT2D eigenvalue weighted by molar-refractivity contribution is 4.81. The van der Waals surface area contributed by atoms with Crippen LogP contribution in [0.2, 0.25) is 0 Å². The lowest BCUT2D eigenvalue weighted by molar-refractivity contribution is 0.0899. The Bertz CT molecular complexity index is 164. The summed E-state index contributed by atoms with van der Waals surface area (Å²) in [4.78, 5) is 0. The van der Waals surface area contributed by atoms with Gasteiger partial charge in [-0.1, -0.05) is 32.6 Å². The van der Waals surface area contributed by atoms with Crippen LogP contribution in [0.4, 0.5) is 0 Å². The molecule has 1 atom stereocenters. The second kappa shape index (κ2) is 8.08. The number of hydrogen-bond acceptors (Lipinski definition) is 2. The molecule has 0 aromatic carbocycles. The first-order chi connectivity index (χ1) is 7.81. The van der Waals surface area contributed by atoms with Crippen molar-refractivity contribution in [1.82, 2.24) is 5.32 Å². The van der Waals surface area contributed by atoms with Gasteiger partial charge in [0.15, 0.2) is 0 Å². The van der Waals surface area contributed by atoms with Gasteiger partial charge in [-0.3, -0.25) is 0 Å². The van der Waals surface area contributed by atoms with Crippen LogP contribution in [-0.2, 0) is 4.74 Å². The molecule has 96 valence electrons. The predicted octanol–water partition coefficient (Wildman–Crippen LogP) is 3.22. The van der Waals surface area contributed by atoms with E-state index in [-0.39, 0.29) is 0 Å². The number of hydrogen-bond donors (Lipinski definition) is 1. The van der Waals surface area contributed by atoms with Crippen molar-refractivity contribution in [3.8, 4) is 0 Å². The lowest BCUT2D eigenvalue weighted by Gasteiger charge is -2.33. The molecule has 1 saturated carbocycles. The topological polar surface area (TPSA) is 21.3 Å². The zero-order valence-electron chi connectivity index (χ0n) is 11.3. The van der Waals surface area contributed by atoms with Gasteiger partial charge in [0.2, 0.25) is 0 Å². The Morgan fingerprint density at radius 2 is 1.88 bits per heavy atom. The molecule has 1 aliphatic rings. The first-order valence-corrected chi connectivity index (χ1v) is 7.06. The van der Waals surface area contributed by atoms with Crippen molar-refractivity contribution in [3.63, 3.8) is 0 Å². The molecule has 0 spiro atoms.